The van der Waals surface area contributed by atoms with Crippen molar-refractivity contribution in [3.05, 3.63) is 21.9 Å². The zero-order valence-corrected chi connectivity index (χ0v) is 11.2. The number of likely N-dealkylation sites (N-methyl/N-ethyl adjacent to an activating group) is 1. The Morgan fingerprint density at radius 1 is 1.40 bits per heavy atom. The van der Waals surface area contributed by atoms with Crippen molar-refractivity contribution in [3.8, 4) is 0 Å². The molecule has 0 aliphatic carbocycles. The van der Waals surface area contributed by atoms with E-state index in [0.717, 1.165) is 6.54 Å². The van der Waals surface area contributed by atoms with Crippen LogP contribution in [0.1, 0.15) is 30.3 Å². The monoisotopic (exact) mass is 226 g/mol. The van der Waals surface area contributed by atoms with Crippen molar-refractivity contribution in [1.82, 2.24) is 10.2 Å². The molecule has 0 aliphatic heterocycles. The summed E-state index contributed by atoms with van der Waals surface area (Å²) in [4.78, 5) is 3.67. The summed E-state index contributed by atoms with van der Waals surface area (Å²) in [6, 6.07) is 3.17. The molecule has 1 N–H and O–H groups in total. The standard InChI is InChI=1S/C12H22N2S/c1-9-6-7-15-12(9)11(3)13-10(2)8-14(4)5/h6-7,10-11,13H,8H2,1-5H3. The summed E-state index contributed by atoms with van der Waals surface area (Å²) in [5, 5.41) is 5.79. The van der Waals surface area contributed by atoms with Crippen LogP contribution in [0.2, 0.25) is 0 Å². The molecule has 1 rings (SSSR count). The van der Waals surface area contributed by atoms with Crippen molar-refractivity contribution < 1.29 is 0 Å². The largest absolute Gasteiger partial charge is 0.308 e. The lowest BCUT2D eigenvalue weighted by Crippen LogP contribution is -2.37. The van der Waals surface area contributed by atoms with Gasteiger partial charge in [0, 0.05) is 23.5 Å². The molecule has 1 heterocycles. The first-order valence-electron chi connectivity index (χ1n) is 5.45. The summed E-state index contributed by atoms with van der Waals surface area (Å²) in [6.45, 7) is 7.74. The zero-order chi connectivity index (χ0) is 11.4. The summed E-state index contributed by atoms with van der Waals surface area (Å²) < 4.78 is 0. The van der Waals surface area contributed by atoms with Crippen molar-refractivity contribution in [1.29, 1.82) is 0 Å². The minimum atomic E-state index is 0.458. The van der Waals surface area contributed by atoms with Crippen molar-refractivity contribution in [2.75, 3.05) is 20.6 Å². The number of thiophene rings is 1. The van der Waals surface area contributed by atoms with Gasteiger partial charge in [0.2, 0.25) is 0 Å². The van der Waals surface area contributed by atoms with Gasteiger partial charge >= 0.3 is 0 Å². The second-order valence-corrected chi connectivity index (χ2v) is 5.47. The predicted octanol–water partition coefficient (Wildman–Crippen LogP) is 2.66. The van der Waals surface area contributed by atoms with E-state index in [4.69, 9.17) is 0 Å². The second kappa shape index (κ2) is 5.64. The molecule has 0 saturated carbocycles. The molecule has 1 aromatic heterocycles. The third-order valence-corrected chi connectivity index (χ3v) is 3.67. The minimum Gasteiger partial charge on any atom is -0.308 e. The molecule has 2 atom stereocenters. The molecule has 15 heavy (non-hydrogen) atoms. The second-order valence-electron chi connectivity index (χ2n) is 4.52. The molecule has 0 saturated heterocycles. The maximum atomic E-state index is 3.62. The fourth-order valence-electron chi connectivity index (χ4n) is 1.93. The first-order valence-corrected chi connectivity index (χ1v) is 6.33. The van der Waals surface area contributed by atoms with Crippen LogP contribution in [0.5, 0.6) is 0 Å². The van der Waals surface area contributed by atoms with Crippen LogP contribution in [0.25, 0.3) is 0 Å². The van der Waals surface area contributed by atoms with Gasteiger partial charge in [-0.25, -0.2) is 0 Å². The maximum absolute atomic E-state index is 3.62. The van der Waals surface area contributed by atoms with Crippen LogP contribution in [0.4, 0.5) is 0 Å². The summed E-state index contributed by atoms with van der Waals surface area (Å²) in [5.41, 5.74) is 1.40. The van der Waals surface area contributed by atoms with E-state index in [0.29, 0.717) is 12.1 Å². The fourth-order valence-corrected chi connectivity index (χ4v) is 2.88. The van der Waals surface area contributed by atoms with Crippen LogP contribution in [0.3, 0.4) is 0 Å². The Bertz CT molecular complexity index is 294. The van der Waals surface area contributed by atoms with Crippen LogP contribution in [-0.2, 0) is 0 Å². The van der Waals surface area contributed by atoms with Crippen LogP contribution in [0, 0.1) is 6.92 Å². The number of nitrogens with zero attached hydrogens (tertiary/aromatic N) is 1. The smallest absolute Gasteiger partial charge is 0.0391 e. The molecule has 0 aliphatic rings. The van der Waals surface area contributed by atoms with E-state index in [1.165, 1.54) is 10.4 Å². The van der Waals surface area contributed by atoms with Crippen LogP contribution in [-0.4, -0.2) is 31.6 Å². The molecule has 2 nitrogen and oxygen atoms in total. The number of nitrogens with one attached hydrogen (secondary N) is 1. The molecule has 1 aromatic rings. The van der Waals surface area contributed by atoms with E-state index in [2.05, 4.69) is 56.5 Å². The average Bonchev–Trinajstić information content (AvgIpc) is 2.49. The quantitative estimate of drug-likeness (QED) is 0.830. The van der Waals surface area contributed by atoms with Crippen molar-refractivity contribution in [2.24, 2.45) is 0 Å². The highest BCUT2D eigenvalue weighted by molar-refractivity contribution is 7.10. The van der Waals surface area contributed by atoms with Crippen LogP contribution >= 0.6 is 11.3 Å². The molecule has 0 fully saturated rings. The minimum absolute atomic E-state index is 0.458. The van der Waals surface area contributed by atoms with E-state index >= 15 is 0 Å². The van der Waals surface area contributed by atoms with Gasteiger partial charge in [0.1, 0.15) is 0 Å². The third kappa shape index (κ3) is 3.93. The highest BCUT2D eigenvalue weighted by Gasteiger charge is 2.12. The molecule has 86 valence electrons. The van der Waals surface area contributed by atoms with E-state index in [1.54, 1.807) is 0 Å². The topological polar surface area (TPSA) is 15.3 Å². The molecule has 3 heteroatoms. The lowest BCUT2D eigenvalue weighted by molar-refractivity contribution is 0.335. The normalized spacial score (nSPS) is 15.6. The Morgan fingerprint density at radius 3 is 2.53 bits per heavy atom. The predicted molar refractivity (Wildman–Crippen MR) is 68.6 cm³/mol. The summed E-state index contributed by atoms with van der Waals surface area (Å²) in [5.74, 6) is 0. The molecule has 2 unspecified atom stereocenters. The first kappa shape index (κ1) is 12.7. The number of hydrogen-bond donors (Lipinski definition) is 1. The molecule has 0 amide bonds. The van der Waals surface area contributed by atoms with Crippen molar-refractivity contribution in [2.45, 2.75) is 32.9 Å². The Kier molecular flexibility index (Phi) is 4.77. The van der Waals surface area contributed by atoms with E-state index in [9.17, 15) is 0 Å². The molecule has 0 spiro atoms. The lowest BCUT2D eigenvalue weighted by Gasteiger charge is -2.22. The SMILES string of the molecule is Cc1ccsc1C(C)NC(C)CN(C)C. The van der Waals surface area contributed by atoms with Gasteiger partial charge < -0.3 is 10.2 Å². The molecular weight excluding hydrogens is 204 g/mol. The number of hydrogen-bond acceptors (Lipinski definition) is 3. The van der Waals surface area contributed by atoms with Gasteiger partial charge in [-0.1, -0.05) is 0 Å². The van der Waals surface area contributed by atoms with E-state index < -0.39 is 0 Å². The van der Waals surface area contributed by atoms with Gasteiger partial charge in [-0.3, -0.25) is 0 Å². The average molecular weight is 226 g/mol. The van der Waals surface area contributed by atoms with Gasteiger partial charge in [-0.15, -0.1) is 11.3 Å². The highest BCUT2D eigenvalue weighted by Crippen LogP contribution is 2.23. The number of rotatable bonds is 5. The summed E-state index contributed by atoms with van der Waals surface area (Å²) in [7, 11) is 4.22. The molecule has 0 bridgehead atoms. The van der Waals surface area contributed by atoms with Crippen molar-refractivity contribution >= 4 is 11.3 Å². The molecule has 0 aromatic carbocycles. The fraction of sp³-hybridized carbons (Fsp3) is 0.667. The third-order valence-electron chi connectivity index (χ3n) is 2.47. The zero-order valence-electron chi connectivity index (χ0n) is 10.4. The summed E-state index contributed by atoms with van der Waals surface area (Å²) >= 11 is 1.84. The van der Waals surface area contributed by atoms with Gasteiger partial charge in [0.25, 0.3) is 0 Å². The van der Waals surface area contributed by atoms with Gasteiger partial charge in [-0.2, -0.15) is 0 Å². The Labute approximate surface area is 97.3 Å². The van der Waals surface area contributed by atoms with Crippen molar-refractivity contribution in [3.63, 3.8) is 0 Å². The van der Waals surface area contributed by atoms with Gasteiger partial charge in [-0.05, 0) is 51.9 Å². The number of aryl methyl sites for hydroxylation is 1. The van der Waals surface area contributed by atoms with Crippen LogP contribution in [0.15, 0.2) is 11.4 Å². The van der Waals surface area contributed by atoms with E-state index in [-0.39, 0.29) is 0 Å². The van der Waals surface area contributed by atoms with Crippen LogP contribution < -0.4 is 5.32 Å². The first-order chi connectivity index (χ1) is 7.00. The highest BCUT2D eigenvalue weighted by atomic mass is 32.1. The Morgan fingerprint density at radius 2 is 2.07 bits per heavy atom. The molecule has 0 radical (unpaired) electrons. The summed E-state index contributed by atoms with van der Waals surface area (Å²) in [6.07, 6.45) is 0. The lowest BCUT2D eigenvalue weighted by atomic mass is 10.1. The molecular formula is C12H22N2S. The van der Waals surface area contributed by atoms with E-state index in [1.807, 2.05) is 11.3 Å². The van der Waals surface area contributed by atoms with Gasteiger partial charge in [0.05, 0.1) is 0 Å². The maximum Gasteiger partial charge on any atom is 0.0391 e. The Hall–Kier alpha value is -0.380. The Balaban J connectivity index is 2.49. The van der Waals surface area contributed by atoms with Gasteiger partial charge in [0.15, 0.2) is 0 Å².